The van der Waals surface area contributed by atoms with Gasteiger partial charge in [0.05, 0.1) is 29.9 Å². The topological polar surface area (TPSA) is 128 Å². The molecule has 1 aromatic carbocycles. The molecular weight excluding hydrogens is 506 g/mol. The van der Waals surface area contributed by atoms with E-state index in [1.807, 2.05) is 60.7 Å². The summed E-state index contributed by atoms with van der Waals surface area (Å²) in [5.41, 5.74) is 5.70. The monoisotopic (exact) mass is 535 g/mol. The quantitative estimate of drug-likeness (QED) is 0.364. The number of pyridine rings is 1. The number of hydrogen-bond donors (Lipinski definition) is 1. The maximum Gasteiger partial charge on any atom is 0.227 e. The fraction of sp³-hybridized carbons (Fsp3) is 0.241. The van der Waals surface area contributed by atoms with Gasteiger partial charge in [0.25, 0.3) is 0 Å². The first-order chi connectivity index (χ1) is 19.6. The Kier molecular flexibility index (Phi) is 7.80. The van der Waals surface area contributed by atoms with E-state index in [-0.39, 0.29) is 5.91 Å². The lowest BCUT2D eigenvalue weighted by molar-refractivity contribution is -0.130. The molecule has 0 atom stereocenters. The van der Waals surface area contributed by atoms with Crippen LogP contribution >= 0.6 is 0 Å². The van der Waals surface area contributed by atoms with Gasteiger partial charge in [0.2, 0.25) is 11.9 Å². The summed E-state index contributed by atoms with van der Waals surface area (Å²) in [6.45, 7) is 2.60. The molecule has 1 aliphatic rings. The van der Waals surface area contributed by atoms with Gasteiger partial charge in [-0.05, 0) is 11.6 Å². The Morgan fingerprint density at radius 1 is 0.925 bits per heavy atom. The highest BCUT2D eigenvalue weighted by Crippen LogP contribution is 2.31. The van der Waals surface area contributed by atoms with Crippen LogP contribution in [0.25, 0.3) is 27.8 Å². The van der Waals surface area contributed by atoms with Crippen molar-refractivity contribution in [1.29, 1.82) is 5.26 Å². The van der Waals surface area contributed by atoms with Crippen LogP contribution in [-0.4, -0.2) is 78.6 Å². The van der Waals surface area contributed by atoms with E-state index >= 15 is 0 Å². The first-order valence-corrected chi connectivity index (χ1v) is 12.8. The molecule has 0 bridgehead atoms. The van der Waals surface area contributed by atoms with Crippen molar-refractivity contribution in [2.45, 2.75) is 6.42 Å². The standard InChI is InChI=1S/C28H25N9O.CH4O/c1-34-18-24(17-32-34)21-12-25(27-22(13-29)16-33-37(27)19-21)23-14-30-28(31-15-23)36-9-7-35(8-10-36)26(38)11-20-5-3-2-4-6-20;1-2/h2-6,12,14-19H,7-11H2,1H3;2H,1H3. The van der Waals surface area contributed by atoms with Crippen LogP contribution in [0.4, 0.5) is 5.95 Å². The van der Waals surface area contributed by atoms with E-state index in [0.29, 0.717) is 49.6 Å². The molecule has 11 nitrogen and oxygen atoms in total. The van der Waals surface area contributed by atoms with Crippen molar-refractivity contribution in [3.63, 3.8) is 0 Å². The highest BCUT2D eigenvalue weighted by molar-refractivity contribution is 5.87. The molecule has 1 saturated heterocycles. The fourth-order valence-corrected chi connectivity index (χ4v) is 4.81. The number of nitriles is 1. The molecule has 11 heteroatoms. The predicted octanol–water partition coefficient (Wildman–Crippen LogP) is 2.56. The first-order valence-electron chi connectivity index (χ1n) is 12.8. The summed E-state index contributed by atoms with van der Waals surface area (Å²) in [5.74, 6) is 0.760. The molecule has 40 heavy (non-hydrogen) atoms. The third-order valence-corrected chi connectivity index (χ3v) is 6.83. The molecule has 0 spiro atoms. The maximum absolute atomic E-state index is 12.7. The van der Waals surface area contributed by atoms with Gasteiger partial charge >= 0.3 is 0 Å². The third kappa shape index (κ3) is 5.39. The van der Waals surface area contributed by atoms with E-state index in [4.69, 9.17) is 5.11 Å². The summed E-state index contributed by atoms with van der Waals surface area (Å²) in [5, 5.41) is 25.3. The van der Waals surface area contributed by atoms with E-state index in [2.05, 4.69) is 31.1 Å². The minimum atomic E-state index is 0.138. The van der Waals surface area contributed by atoms with Crippen molar-refractivity contribution < 1.29 is 9.90 Å². The Labute approximate surface area is 231 Å². The SMILES string of the molecule is CO.Cn1cc(-c2cc(-c3cnc(N4CCN(C(=O)Cc5ccccc5)CC4)nc3)c3c(C#N)cnn3c2)cn1. The van der Waals surface area contributed by atoms with Gasteiger partial charge in [0.1, 0.15) is 6.07 Å². The number of aliphatic hydroxyl groups is 1. The number of carbonyl (C=O) groups is 1. The fourth-order valence-electron chi connectivity index (χ4n) is 4.81. The van der Waals surface area contributed by atoms with Gasteiger partial charge in [-0.2, -0.15) is 15.5 Å². The zero-order chi connectivity index (χ0) is 28.1. The molecule has 1 N–H and O–H groups in total. The molecule has 5 aromatic rings. The Balaban J connectivity index is 0.00000158. The highest BCUT2D eigenvalue weighted by atomic mass is 16.2. The number of rotatable bonds is 5. The smallest absolute Gasteiger partial charge is 0.227 e. The number of amides is 1. The number of piperazine rings is 1. The van der Waals surface area contributed by atoms with Crippen LogP contribution in [0.5, 0.6) is 0 Å². The van der Waals surface area contributed by atoms with Crippen LogP contribution in [0.15, 0.2) is 73.6 Å². The predicted molar refractivity (Wildman–Crippen MR) is 150 cm³/mol. The van der Waals surface area contributed by atoms with Crippen molar-refractivity contribution in [1.82, 2.24) is 34.3 Å². The molecule has 1 fully saturated rings. The Bertz CT molecular complexity index is 1640. The number of benzene rings is 1. The number of aromatic nitrogens is 6. The summed E-state index contributed by atoms with van der Waals surface area (Å²) in [6.07, 6.45) is 11.2. The van der Waals surface area contributed by atoms with E-state index in [0.717, 1.165) is 34.9 Å². The molecule has 0 saturated carbocycles. The lowest BCUT2D eigenvalue weighted by atomic mass is 10.0. The van der Waals surface area contributed by atoms with Crippen molar-refractivity contribution >= 4 is 17.4 Å². The lowest BCUT2D eigenvalue weighted by Crippen LogP contribution is -2.49. The summed E-state index contributed by atoms with van der Waals surface area (Å²) in [7, 11) is 2.87. The molecule has 1 amide bonds. The van der Waals surface area contributed by atoms with Crippen molar-refractivity contribution in [3.05, 3.63) is 84.7 Å². The summed E-state index contributed by atoms with van der Waals surface area (Å²) >= 11 is 0. The number of hydrogen-bond acceptors (Lipinski definition) is 8. The van der Waals surface area contributed by atoms with E-state index in [1.54, 1.807) is 34.0 Å². The van der Waals surface area contributed by atoms with Crippen LogP contribution in [0.1, 0.15) is 11.1 Å². The summed E-state index contributed by atoms with van der Waals surface area (Å²) in [4.78, 5) is 26.0. The molecule has 0 unspecified atom stereocenters. The van der Waals surface area contributed by atoms with E-state index < -0.39 is 0 Å². The molecule has 202 valence electrons. The molecule has 0 aliphatic carbocycles. The number of fused-ring (bicyclic) bond motifs is 1. The first kappa shape index (κ1) is 26.5. The Hall–Kier alpha value is -5.08. The van der Waals surface area contributed by atoms with Crippen LogP contribution in [0.3, 0.4) is 0 Å². The van der Waals surface area contributed by atoms with Gasteiger partial charge in [0, 0.05) is 87.4 Å². The number of aryl methyl sites for hydroxylation is 1. The van der Waals surface area contributed by atoms with Gasteiger partial charge in [0.15, 0.2) is 0 Å². The second-order valence-corrected chi connectivity index (χ2v) is 9.31. The molecule has 0 radical (unpaired) electrons. The Morgan fingerprint density at radius 3 is 2.30 bits per heavy atom. The largest absolute Gasteiger partial charge is 0.400 e. The minimum Gasteiger partial charge on any atom is -0.400 e. The minimum absolute atomic E-state index is 0.138. The lowest BCUT2D eigenvalue weighted by Gasteiger charge is -2.34. The van der Waals surface area contributed by atoms with Crippen LogP contribution < -0.4 is 4.90 Å². The third-order valence-electron chi connectivity index (χ3n) is 6.83. The number of carbonyl (C=O) groups excluding carboxylic acids is 1. The molecule has 5 heterocycles. The average molecular weight is 536 g/mol. The maximum atomic E-state index is 12.7. The van der Waals surface area contributed by atoms with Gasteiger partial charge in [-0.25, -0.2) is 14.5 Å². The molecule has 6 rings (SSSR count). The van der Waals surface area contributed by atoms with Gasteiger partial charge < -0.3 is 14.9 Å². The average Bonchev–Trinajstić information content (AvgIpc) is 3.64. The number of nitrogens with zero attached hydrogens (tertiary/aromatic N) is 9. The Morgan fingerprint density at radius 2 is 1.65 bits per heavy atom. The van der Waals surface area contributed by atoms with Crippen LogP contribution in [0.2, 0.25) is 0 Å². The highest BCUT2D eigenvalue weighted by Gasteiger charge is 2.23. The normalized spacial score (nSPS) is 13.1. The van der Waals surface area contributed by atoms with Crippen molar-refractivity contribution in [2.75, 3.05) is 38.2 Å². The molecule has 4 aromatic heterocycles. The van der Waals surface area contributed by atoms with Crippen molar-refractivity contribution in [3.8, 4) is 28.3 Å². The summed E-state index contributed by atoms with van der Waals surface area (Å²) < 4.78 is 3.46. The second-order valence-electron chi connectivity index (χ2n) is 9.31. The zero-order valence-corrected chi connectivity index (χ0v) is 22.3. The second kappa shape index (κ2) is 11.8. The van der Waals surface area contributed by atoms with Gasteiger partial charge in [-0.15, -0.1) is 0 Å². The number of aliphatic hydroxyl groups excluding tert-OH is 1. The van der Waals surface area contributed by atoms with E-state index in [9.17, 15) is 10.1 Å². The molecular formula is C29H29N9O2. The van der Waals surface area contributed by atoms with Crippen molar-refractivity contribution in [2.24, 2.45) is 7.05 Å². The summed E-state index contributed by atoms with van der Waals surface area (Å²) in [6, 6.07) is 14.1. The van der Waals surface area contributed by atoms with E-state index in [1.165, 1.54) is 0 Å². The zero-order valence-electron chi connectivity index (χ0n) is 22.3. The molecule has 1 aliphatic heterocycles. The van der Waals surface area contributed by atoms with Crippen LogP contribution in [-0.2, 0) is 18.3 Å². The van der Waals surface area contributed by atoms with Gasteiger partial charge in [-0.1, -0.05) is 30.3 Å². The van der Waals surface area contributed by atoms with Gasteiger partial charge in [-0.3, -0.25) is 9.48 Å². The van der Waals surface area contributed by atoms with Crippen LogP contribution in [0, 0.1) is 11.3 Å². The number of anilines is 1.